The summed E-state index contributed by atoms with van der Waals surface area (Å²) in [6.45, 7) is 1.81. The van der Waals surface area contributed by atoms with E-state index in [1.807, 2.05) is 19.1 Å². The molecular formula is C18H24N2O5. The maximum absolute atomic E-state index is 12.1. The van der Waals surface area contributed by atoms with Gasteiger partial charge in [-0.1, -0.05) is 31.9 Å². The van der Waals surface area contributed by atoms with E-state index in [1.165, 1.54) is 5.56 Å². The Bertz CT molecular complexity index is 614. The summed E-state index contributed by atoms with van der Waals surface area (Å²) in [5, 5.41) is 9.20. The number of carbonyl (C=O) groups excluding carboxylic acids is 2. The van der Waals surface area contributed by atoms with Gasteiger partial charge in [-0.3, -0.25) is 25.2 Å². The molecule has 2 unspecified atom stereocenters. The zero-order chi connectivity index (χ0) is 18.2. The number of carboxylic acid groups (broad SMARTS) is 1. The van der Waals surface area contributed by atoms with Crippen LogP contribution in [0, 0.1) is 11.8 Å². The molecule has 1 aliphatic carbocycles. The fraction of sp³-hybridized carbons (Fsp3) is 0.500. The number of benzene rings is 1. The molecule has 0 heterocycles. The Morgan fingerprint density at radius 2 is 1.72 bits per heavy atom. The smallest absolute Gasteiger partial charge is 0.307 e. The number of hydrogen-bond acceptors (Lipinski definition) is 4. The molecule has 2 rings (SSSR count). The monoisotopic (exact) mass is 348 g/mol. The van der Waals surface area contributed by atoms with E-state index in [0.29, 0.717) is 18.6 Å². The van der Waals surface area contributed by atoms with Crippen LogP contribution in [0.1, 0.15) is 38.2 Å². The SMILES string of the molecule is CCc1ccc(OCC(=O)NNC(=O)C2CCCCC2C(=O)O)cc1. The van der Waals surface area contributed by atoms with Crippen LogP contribution >= 0.6 is 0 Å². The lowest BCUT2D eigenvalue weighted by atomic mass is 9.79. The molecule has 0 bridgehead atoms. The summed E-state index contributed by atoms with van der Waals surface area (Å²) in [6.07, 6.45) is 3.53. The predicted octanol–water partition coefficient (Wildman–Crippen LogP) is 1.67. The molecule has 1 aliphatic rings. The molecule has 2 atom stereocenters. The zero-order valence-electron chi connectivity index (χ0n) is 14.3. The normalized spacial score (nSPS) is 19.7. The van der Waals surface area contributed by atoms with Gasteiger partial charge >= 0.3 is 5.97 Å². The molecule has 7 nitrogen and oxygen atoms in total. The van der Waals surface area contributed by atoms with E-state index >= 15 is 0 Å². The van der Waals surface area contributed by atoms with Crippen molar-refractivity contribution in [3.8, 4) is 5.75 Å². The largest absolute Gasteiger partial charge is 0.484 e. The van der Waals surface area contributed by atoms with Gasteiger partial charge in [-0.2, -0.15) is 0 Å². The number of aryl methyl sites for hydroxylation is 1. The van der Waals surface area contributed by atoms with Crippen molar-refractivity contribution in [2.24, 2.45) is 11.8 Å². The highest BCUT2D eigenvalue weighted by Gasteiger charge is 2.35. The number of nitrogens with one attached hydrogen (secondary N) is 2. The molecule has 0 aliphatic heterocycles. The first-order chi connectivity index (χ1) is 12.0. The summed E-state index contributed by atoms with van der Waals surface area (Å²) >= 11 is 0. The van der Waals surface area contributed by atoms with Gasteiger partial charge in [0.2, 0.25) is 5.91 Å². The summed E-state index contributed by atoms with van der Waals surface area (Å²) in [7, 11) is 0. The first kappa shape index (κ1) is 18.8. The average Bonchev–Trinajstić information content (AvgIpc) is 2.64. The Morgan fingerprint density at radius 3 is 2.32 bits per heavy atom. The van der Waals surface area contributed by atoms with Crippen molar-refractivity contribution in [2.75, 3.05) is 6.61 Å². The van der Waals surface area contributed by atoms with E-state index in [1.54, 1.807) is 12.1 Å². The van der Waals surface area contributed by atoms with Crippen LogP contribution in [0.3, 0.4) is 0 Å². The number of hydrazine groups is 1. The highest BCUT2D eigenvalue weighted by molar-refractivity contribution is 5.87. The minimum absolute atomic E-state index is 0.237. The van der Waals surface area contributed by atoms with Crippen molar-refractivity contribution in [3.63, 3.8) is 0 Å². The molecule has 0 radical (unpaired) electrons. The van der Waals surface area contributed by atoms with Crippen LogP contribution in [-0.2, 0) is 20.8 Å². The van der Waals surface area contributed by atoms with Gasteiger partial charge in [0.1, 0.15) is 5.75 Å². The molecule has 7 heteroatoms. The maximum atomic E-state index is 12.1. The Morgan fingerprint density at radius 1 is 1.08 bits per heavy atom. The van der Waals surface area contributed by atoms with Gasteiger partial charge < -0.3 is 9.84 Å². The van der Waals surface area contributed by atoms with Crippen molar-refractivity contribution in [1.82, 2.24) is 10.9 Å². The number of hydrogen-bond donors (Lipinski definition) is 3. The topological polar surface area (TPSA) is 105 Å². The minimum Gasteiger partial charge on any atom is -0.484 e. The van der Waals surface area contributed by atoms with Gasteiger partial charge in [0, 0.05) is 0 Å². The summed E-state index contributed by atoms with van der Waals surface area (Å²) in [4.78, 5) is 35.1. The van der Waals surface area contributed by atoms with Crippen molar-refractivity contribution in [2.45, 2.75) is 39.0 Å². The van der Waals surface area contributed by atoms with E-state index in [2.05, 4.69) is 10.9 Å². The fourth-order valence-corrected chi connectivity index (χ4v) is 2.97. The Labute approximate surface area is 146 Å². The lowest BCUT2D eigenvalue weighted by Gasteiger charge is -2.27. The van der Waals surface area contributed by atoms with Gasteiger partial charge in [0.25, 0.3) is 5.91 Å². The average molecular weight is 348 g/mol. The van der Waals surface area contributed by atoms with Crippen molar-refractivity contribution in [1.29, 1.82) is 0 Å². The first-order valence-electron chi connectivity index (χ1n) is 8.54. The molecule has 0 saturated heterocycles. The number of aliphatic carboxylic acids is 1. The second-order valence-electron chi connectivity index (χ2n) is 6.16. The highest BCUT2D eigenvalue weighted by atomic mass is 16.5. The molecule has 1 fully saturated rings. The third-order valence-electron chi connectivity index (χ3n) is 4.45. The Hall–Kier alpha value is -2.57. The Kier molecular flexibility index (Phi) is 6.80. The van der Waals surface area contributed by atoms with Crippen LogP contribution in [0.4, 0.5) is 0 Å². The summed E-state index contributed by atoms with van der Waals surface area (Å²) < 4.78 is 5.35. The molecular weight excluding hydrogens is 324 g/mol. The van der Waals surface area contributed by atoms with E-state index in [0.717, 1.165) is 19.3 Å². The van der Waals surface area contributed by atoms with Crippen molar-refractivity contribution < 1.29 is 24.2 Å². The van der Waals surface area contributed by atoms with Crippen molar-refractivity contribution in [3.05, 3.63) is 29.8 Å². The fourth-order valence-electron chi connectivity index (χ4n) is 2.97. The van der Waals surface area contributed by atoms with E-state index in [9.17, 15) is 19.5 Å². The van der Waals surface area contributed by atoms with Crippen LogP contribution in [0.15, 0.2) is 24.3 Å². The first-order valence-corrected chi connectivity index (χ1v) is 8.54. The zero-order valence-corrected chi connectivity index (χ0v) is 14.3. The lowest BCUT2D eigenvalue weighted by Crippen LogP contribution is -2.49. The standard InChI is InChI=1S/C18H24N2O5/c1-2-12-7-9-13(10-8-12)25-11-16(21)19-20-17(22)14-5-3-4-6-15(14)18(23)24/h7-10,14-15H,2-6,11H2,1H3,(H,19,21)(H,20,22)(H,23,24). The third kappa shape index (κ3) is 5.48. The van der Waals surface area contributed by atoms with Crippen molar-refractivity contribution >= 4 is 17.8 Å². The molecule has 3 N–H and O–H groups in total. The second kappa shape index (κ2) is 9.05. The van der Waals surface area contributed by atoms with E-state index in [-0.39, 0.29) is 6.61 Å². The minimum atomic E-state index is -0.968. The third-order valence-corrected chi connectivity index (χ3v) is 4.45. The number of rotatable bonds is 6. The van der Waals surface area contributed by atoms with Crippen LogP contribution in [0.25, 0.3) is 0 Å². The summed E-state index contributed by atoms with van der Waals surface area (Å²) in [6, 6.07) is 7.41. The van der Waals surface area contributed by atoms with Crippen LogP contribution in [-0.4, -0.2) is 29.5 Å². The number of amides is 2. The molecule has 1 saturated carbocycles. The Balaban J connectivity index is 1.76. The quantitative estimate of drug-likeness (QED) is 0.678. The predicted molar refractivity (Wildman–Crippen MR) is 90.7 cm³/mol. The molecule has 25 heavy (non-hydrogen) atoms. The summed E-state index contributed by atoms with van der Waals surface area (Å²) in [5.41, 5.74) is 5.76. The van der Waals surface area contributed by atoms with Gasteiger partial charge in [-0.15, -0.1) is 0 Å². The van der Waals surface area contributed by atoms with Gasteiger partial charge in [0.05, 0.1) is 11.8 Å². The van der Waals surface area contributed by atoms with E-state index in [4.69, 9.17) is 4.74 Å². The van der Waals surface area contributed by atoms with Gasteiger partial charge in [-0.05, 0) is 37.0 Å². The second-order valence-corrected chi connectivity index (χ2v) is 6.16. The van der Waals surface area contributed by atoms with E-state index < -0.39 is 29.6 Å². The molecule has 136 valence electrons. The van der Waals surface area contributed by atoms with Crippen LogP contribution in [0.5, 0.6) is 5.75 Å². The van der Waals surface area contributed by atoms with Crippen LogP contribution in [0.2, 0.25) is 0 Å². The number of carbonyl (C=O) groups is 3. The number of ether oxygens (including phenoxy) is 1. The lowest BCUT2D eigenvalue weighted by molar-refractivity contribution is -0.149. The number of carboxylic acids is 1. The molecule has 0 aromatic heterocycles. The van der Waals surface area contributed by atoms with Gasteiger partial charge in [0.15, 0.2) is 6.61 Å². The van der Waals surface area contributed by atoms with Crippen LogP contribution < -0.4 is 15.6 Å². The highest BCUT2D eigenvalue weighted by Crippen LogP contribution is 2.30. The maximum Gasteiger partial charge on any atom is 0.307 e. The molecule has 1 aromatic carbocycles. The molecule has 2 amide bonds. The molecule has 0 spiro atoms. The molecule has 1 aromatic rings. The summed E-state index contributed by atoms with van der Waals surface area (Å²) in [5.74, 6) is -2.68. The van der Waals surface area contributed by atoms with Gasteiger partial charge in [-0.25, -0.2) is 0 Å².